The number of ether oxygens (including phenoxy) is 1. The van der Waals surface area contributed by atoms with Crippen molar-refractivity contribution in [1.29, 1.82) is 0 Å². The number of hydrogen-bond acceptors (Lipinski definition) is 4. The maximum Gasteiger partial charge on any atom is 0.265 e. The molecule has 1 fully saturated rings. The Hall–Kier alpha value is -3.35. The Morgan fingerprint density at radius 2 is 1.81 bits per heavy atom. The molecule has 0 bridgehead atoms. The molecule has 4 rings (SSSR count). The first kappa shape index (κ1) is 20.9. The third-order valence-electron chi connectivity index (χ3n) is 5.69. The number of rotatable bonds is 7. The quantitative estimate of drug-likeness (QED) is 0.697. The van der Waals surface area contributed by atoms with E-state index in [1.54, 1.807) is 23.1 Å². The molecule has 0 spiro atoms. The normalized spacial score (nSPS) is 15.4. The van der Waals surface area contributed by atoms with Crippen molar-refractivity contribution in [2.45, 2.75) is 25.7 Å². The van der Waals surface area contributed by atoms with E-state index in [0.29, 0.717) is 23.5 Å². The lowest BCUT2D eigenvalue weighted by molar-refractivity contribution is -0.131. The molecule has 3 amide bonds. The lowest BCUT2D eigenvalue weighted by Gasteiger charge is -2.30. The van der Waals surface area contributed by atoms with Crippen LogP contribution in [0.15, 0.2) is 48.5 Å². The van der Waals surface area contributed by atoms with Crippen LogP contribution in [0.2, 0.25) is 0 Å². The fourth-order valence-corrected chi connectivity index (χ4v) is 3.96. The highest BCUT2D eigenvalue weighted by Crippen LogP contribution is 2.33. The Bertz CT molecular complexity index is 955. The van der Waals surface area contributed by atoms with E-state index in [2.05, 4.69) is 17.4 Å². The van der Waals surface area contributed by atoms with Crippen LogP contribution in [0.5, 0.6) is 5.75 Å². The van der Waals surface area contributed by atoms with Crippen molar-refractivity contribution in [2.24, 2.45) is 0 Å². The van der Waals surface area contributed by atoms with Crippen molar-refractivity contribution in [3.05, 3.63) is 59.7 Å². The number of carbonyl (C=O) groups excluding carboxylic acids is 3. The Morgan fingerprint density at radius 3 is 2.58 bits per heavy atom. The van der Waals surface area contributed by atoms with Crippen LogP contribution in [-0.2, 0) is 16.0 Å². The van der Waals surface area contributed by atoms with Crippen LogP contribution < -0.4 is 15.0 Å². The van der Waals surface area contributed by atoms with Gasteiger partial charge >= 0.3 is 0 Å². The number of nitrogens with zero attached hydrogens (tertiary/aromatic N) is 2. The number of fused-ring (bicyclic) bond motifs is 1. The SMILES string of the molecule is O=C(NCCCc1ccccc1)c1ccc2c(c1)N(CC(=O)N1CCCC1)C(=O)CO2. The number of hydrogen-bond donors (Lipinski definition) is 1. The molecule has 1 saturated heterocycles. The third kappa shape index (κ3) is 5.05. The molecule has 2 aromatic rings. The second-order valence-electron chi connectivity index (χ2n) is 7.88. The van der Waals surface area contributed by atoms with Gasteiger partial charge in [0.2, 0.25) is 5.91 Å². The molecule has 0 aromatic heterocycles. The van der Waals surface area contributed by atoms with Crippen molar-refractivity contribution in [1.82, 2.24) is 10.2 Å². The number of aryl methyl sites for hydroxylation is 1. The van der Waals surface area contributed by atoms with Gasteiger partial charge in [-0.05, 0) is 49.4 Å². The second-order valence-corrected chi connectivity index (χ2v) is 7.88. The van der Waals surface area contributed by atoms with Crippen molar-refractivity contribution in [3.63, 3.8) is 0 Å². The van der Waals surface area contributed by atoms with Crippen molar-refractivity contribution >= 4 is 23.4 Å². The van der Waals surface area contributed by atoms with E-state index in [1.807, 2.05) is 18.2 Å². The van der Waals surface area contributed by atoms with E-state index in [9.17, 15) is 14.4 Å². The van der Waals surface area contributed by atoms with Gasteiger partial charge in [0.25, 0.3) is 11.8 Å². The maximum atomic E-state index is 12.6. The van der Waals surface area contributed by atoms with Crippen molar-refractivity contribution < 1.29 is 19.1 Å². The molecule has 2 heterocycles. The summed E-state index contributed by atoms with van der Waals surface area (Å²) in [6.45, 7) is 1.88. The molecule has 0 aliphatic carbocycles. The summed E-state index contributed by atoms with van der Waals surface area (Å²) >= 11 is 0. The van der Waals surface area contributed by atoms with Gasteiger partial charge in [-0.3, -0.25) is 19.3 Å². The highest BCUT2D eigenvalue weighted by molar-refractivity contribution is 6.04. The standard InChI is InChI=1S/C24H27N3O4/c28-22(26-13-4-5-14-26)16-27-20-15-19(10-11-21(20)31-17-23(27)29)24(30)25-12-6-9-18-7-2-1-3-8-18/h1-3,7-8,10-11,15H,4-6,9,12-14,16-17H2,(H,25,30). The van der Waals surface area contributed by atoms with Crippen molar-refractivity contribution in [2.75, 3.05) is 37.7 Å². The summed E-state index contributed by atoms with van der Waals surface area (Å²) in [6.07, 6.45) is 3.71. The van der Waals surface area contributed by atoms with Gasteiger partial charge in [-0.25, -0.2) is 0 Å². The van der Waals surface area contributed by atoms with Gasteiger partial charge in [-0.2, -0.15) is 0 Å². The minimum atomic E-state index is -0.277. The van der Waals surface area contributed by atoms with Crippen molar-refractivity contribution in [3.8, 4) is 5.75 Å². The fraction of sp³-hybridized carbons (Fsp3) is 0.375. The van der Waals surface area contributed by atoms with Crippen LogP contribution in [0.25, 0.3) is 0 Å². The average molecular weight is 421 g/mol. The smallest absolute Gasteiger partial charge is 0.265 e. The van der Waals surface area contributed by atoms with Gasteiger partial charge in [0.1, 0.15) is 12.3 Å². The summed E-state index contributed by atoms with van der Waals surface area (Å²) < 4.78 is 5.51. The van der Waals surface area contributed by atoms with E-state index in [0.717, 1.165) is 38.8 Å². The maximum absolute atomic E-state index is 12.6. The zero-order valence-corrected chi connectivity index (χ0v) is 17.5. The molecule has 7 nitrogen and oxygen atoms in total. The van der Waals surface area contributed by atoms with E-state index in [1.165, 1.54) is 10.5 Å². The topological polar surface area (TPSA) is 79.0 Å². The molecule has 2 aliphatic rings. The largest absolute Gasteiger partial charge is 0.482 e. The third-order valence-corrected chi connectivity index (χ3v) is 5.69. The van der Waals surface area contributed by atoms with Crippen LogP contribution in [0.4, 0.5) is 5.69 Å². The summed E-state index contributed by atoms with van der Waals surface area (Å²) in [4.78, 5) is 40.9. The van der Waals surface area contributed by atoms with Gasteiger partial charge < -0.3 is 15.0 Å². The molecule has 0 radical (unpaired) electrons. The molecule has 0 saturated carbocycles. The summed E-state index contributed by atoms with van der Waals surface area (Å²) in [5.74, 6) is -0.0518. The molecule has 31 heavy (non-hydrogen) atoms. The minimum Gasteiger partial charge on any atom is -0.482 e. The van der Waals surface area contributed by atoms with Crippen LogP contribution >= 0.6 is 0 Å². The summed E-state index contributed by atoms with van der Waals surface area (Å²) in [6, 6.07) is 15.1. The fourth-order valence-electron chi connectivity index (χ4n) is 3.96. The van der Waals surface area contributed by atoms with Crippen LogP contribution in [-0.4, -0.2) is 55.4 Å². The Labute approximate surface area is 182 Å². The van der Waals surface area contributed by atoms with Gasteiger partial charge in [-0.15, -0.1) is 0 Å². The molecule has 0 unspecified atom stereocenters. The van der Waals surface area contributed by atoms with Crippen LogP contribution in [0.3, 0.4) is 0 Å². The summed E-state index contributed by atoms with van der Waals surface area (Å²) in [7, 11) is 0. The monoisotopic (exact) mass is 421 g/mol. The summed E-state index contributed by atoms with van der Waals surface area (Å²) in [5, 5.41) is 2.93. The zero-order chi connectivity index (χ0) is 21.6. The predicted molar refractivity (Wildman–Crippen MR) is 117 cm³/mol. The van der Waals surface area contributed by atoms with E-state index >= 15 is 0 Å². The van der Waals surface area contributed by atoms with E-state index < -0.39 is 0 Å². The lowest BCUT2D eigenvalue weighted by Crippen LogP contribution is -2.46. The first-order chi connectivity index (χ1) is 15.1. The predicted octanol–water partition coefficient (Wildman–Crippen LogP) is 2.40. The minimum absolute atomic E-state index is 0.0304. The zero-order valence-electron chi connectivity index (χ0n) is 17.5. The lowest BCUT2D eigenvalue weighted by atomic mass is 10.1. The van der Waals surface area contributed by atoms with Gasteiger partial charge in [0.15, 0.2) is 6.61 Å². The van der Waals surface area contributed by atoms with Gasteiger partial charge in [0.05, 0.1) is 5.69 Å². The number of anilines is 1. The average Bonchev–Trinajstić information content (AvgIpc) is 3.34. The molecule has 162 valence electrons. The first-order valence-electron chi connectivity index (χ1n) is 10.8. The van der Waals surface area contributed by atoms with E-state index in [-0.39, 0.29) is 30.9 Å². The molecule has 2 aromatic carbocycles. The highest BCUT2D eigenvalue weighted by atomic mass is 16.5. The molecular formula is C24H27N3O4. The number of carbonyl (C=O) groups is 3. The van der Waals surface area contributed by atoms with E-state index in [4.69, 9.17) is 4.74 Å². The molecule has 7 heteroatoms. The Morgan fingerprint density at radius 1 is 1.03 bits per heavy atom. The molecule has 2 aliphatic heterocycles. The molecule has 1 N–H and O–H groups in total. The highest BCUT2D eigenvalue weighted by Gasteiger charge is 2.30. The summed E-state index contributed by atoms with van der Waals surface area (Å²) in [5.41, 5.74) is 2.15. The first-order valence-corrected chi connectivity index (χ1v) is 10.8. The Balaban J connectivity index is 1.39. The second kappa shape index (κ2) is 9.64. The van der Waals surface area contributed by atoms with Gasteiger partial charge in [0, 0.05) is 25.2 Å². The van der Waals surface area contributed by atoms with Crippen LogP contribution in [0, 0.1) is 0 Å². The number of nitrogens with one attached hydrogen (secondary N) is 1. The number of likely N-dealkylation sites (tertiary alicyclic amines) is 1. The number of amides is 3. The van der Waals surface area contributed by atoms with Crippen LogP contribution in [0.1, 0.15) is 35.2 Å². The molecule has 0 atom stereocenters. The van der Waals surface area contributed by atoms with Gasteiger partial charge in [-0.1, -0.05) is 30.3 Å². The Kier molecular flexibility index (Phi) is 6.50. The number of benzene rings is 2. The molecular weight excluding hydrogens is 394 g/mol.